The Kier molecular flexibility index (Phi) is 4.91. The number of ether oxygens (including phenoxy) is 2. The number of nitrogens with zero attached hydrogens (tertiary/aromatic N) is 1. The molecule has 1 aromatic rings. The van der Waals surface area contributed by atoms with Gasteiger partial charge in [-0.05, 0) is 38.6 Å². The van der Waals surface area contributed by atoms with Crippen LogP contribution in [-0.2, 0) is 0 Å². The second-order valence-corrected chi connectivity index (χ2v) is 5.08. The summed E-state index contributed by atoms with van der Waals surface area (Å²) in [5.74, 6) is 1.53. The highest BCUT2D eigenvalue weighted by Gasteiger charge is 2.18. The lowest BCUT2D eigenvalue weighted by atomic mass is 10.0. The molecule has 1 N–H and O–H groups in total. The van der Waals surface area contributed by atoms with Gasteiger partial charge in [0.05, 0.1) is 14.2 Å². The Bertz CT molecular complexity index is 409. The summed E-state index contributed by atoms with van der Waals surface area (Å²) in [6.45, 7) is 2.18. The lowest BCUT2D eigenvalue weighted by Crippen LogP contribution is -2.40. The molecule has 1 heterocycles. The second-order valence-electron chi connectivity index (χ2n) is 5.08. The van der Waals surface area contributed by atoms with Crippen molar-refractivity contribution in [2.24, 2.45) is 0 Å². The number of likely N-dealkylation sites (N-methyl/N-ethyl adjacent to an activating group) is 1. The molecule has 1 aliphatic heterocycles. The molecule has 4 nitrogen and oxygen atoms in total. The van der Waals surface area contributed by atoms with E-state index in [4.69, 9.17) is 9.47 Å². The van der Waals surface area contributed by atoms with E-state index in [2.05, 4.69) is 17.3 Å². The molecule has 1 aliphatic rings. The van der Waals surface area contributed by atoms with Gasteiger partial charge in [0.15, 0.2) is 11.5 Å². The van der Waals surface area contributed by atoms with Gasteiger partial charge in [-0.25, -0.2) is 0 Å². The van der Waals surface area contributed by atoms with Crippen molar-refractivity contribution < 1.29 is 9.47 Å². The van der Waals surface area contributed by atoms with Gasteiger partial charge in [-0.3, -0.25) is 0 Å². The van der Waals surface area contributed by atoms with Crippen LogP contribution in [0, 0.1) is 0 Å². The van der Waals surface area contributed by atoms with Gasteiger partial charge in [0.2, 0.25) is 0 Å². The number of nitrogens with one attached hydrogen (secondary N) is 1. The average molecular weight is 264 g/mol. The molecule has 0 aliphatic carbocycles. The van der Waals surface area contributed by atoms with Crippen molar-refractivity contribution in [3.63, 3.8) is 0 Å². The fraction of sp³-hybridized carbons (Fsp3) is 0.600. The van der Waals surface area contributed by atoms with Crippen LogP contribution in [-0.4, -0.2) is 45.3 Å². The zero-order chi connectivity index (χ0) is 13.7. The van der Waals surface area contributed by atoms with Crippen LogP contribution in [0.15, 0.2) is 18.2 Å². The molecule has 0 aromatic heterocycles. The van der Waals surface area contributed by atoms with Crippen molar-refractivity contribution >= 4 is 5.69 Å². The summed E-state index contributed by atoms with van der Waals surface area (Å²) >= 11 is 0. The van der Waals surface area contributed by atoms with Gasteiger partial charge in [0, 0.05) is 24.3 Å². The number of hydrogen-bond donors (Lipinski definition) is 1. The van der Waals surface area contributed by atoms with Gasteiger partial charge in [-0.15, -0.1) is 0 Å². The molecule has 1 aromatic carbocycles. The Morgan fingerprint density at radius 3 is 2.68 bits per heavy atom. The van der Waals surface area contributed by atoms with Crippen molar-refractivity contribution in [3.05, 3.63) is 18.2 Å². The largest absolute Gasteiger partial charge is 0.493 e. The Morgan fingerprint density at radius 1 is 1.21 bits per heavy atom. The third-order valence-electron chi connectivity index (χ3n) is 3.85. The summed E-state index contributed by atoms with van der Waals surface area (Å²) in [6, 6.07) is 6.58. The van der Waals surface area contributed by atoms with Gasteiger partial charge in [0.25, 0.3) is 0 Å². The summed E-state index contributed by atoms with van der Waals surface area (Å²) in [6.07, 6.45) is 3.93. The third kappa shape index (κ3) is 3.53. The predicted molar refractivity (Wildman–Crippen MR) is 78.3 cm³/mol. The third-order valence-corrected chi connectivity index (χ3v) is 3.85. The van der Waals surface area contributed by atoms with E-state index >= 15 is 0 Å². The molecule has 2 rings (SSSR count). The molecule has 1 atom stereocenters. The maximum absolute atomic E-state index is 5.31. The SMILES string of the molecule is COc1ccc(NCC2CCCCN2C)cc1OC. The minimum atomic E-state index is 0.627. The van der Waals surface area contributed by atoms with E-state index in [-0.39, 0.29) is 0 Å². The van der Waals surface area contributed by atoms with Crippen LogP contribution in [0.4, 0.5) is 5.69 Å². The topological polar surface area (TPSA) is 33.7 Å². The van der Waals surface area contributed by atoms with Crippen LogP contribution in [0.5, 0.6) is 11.5 Å². The first-order valence-electron chi connectivity index (χ1n) is 6.90. The molecular weight excluding hydrogens is 240 g/mol. The minimum absolute atomic E-state index is 0.627. The zero-order valence-electron chi connectivity index (χ0n) is 12.1. The summed E-state index contributed by atoms with van der Waals surface area (Å²) in [7, 11) is 5.53. The molecule has 106 valence electrons. The van der Waals surface area contributed by atoms with Crippen molar-refractivity contribution in [2.45, 2.75) is 25.3 Å². The number of rotatable bonds is 5. The molecular formula is C15H24N2O2. The molecule has 1 saturated heterocycles. The summed E-state index contributed by atoms with van der Waals surface area (Å²) in [4.78, 5) is 2.44. The number of likely N-dealkylation sites (tertiary alicyclic amines) is 1. The quantitative estimate of drug-likeness (QED) is 0.886. The number of methoxy groups -OCH3 is 2. The van der Waals surface area contributed by atoms with Crippen LogP contribution in [0.2, 0.25) is 0 Å². The molecule has 0 bridgehead atoms. The first-order valence-corrected chi connectivity index (χ1v) is 6.90. The van der Waals surface area contributed by atoms with E-state index in [1.807, 2.05) is 18.2 Å². The Hall–Kier alpha value is -1.42. The highest BCUT2D eigenvalue weighted by atomic mass is 16.5. The first kappa shape index (κ1) is 14.0. The molecule has 1 unspecified atom stereocenters. The van der Waals surface area contributed by atoms with Crippen molar-refractivity contribution in [1.82, 2.24) is 4.90 Å². The van der Waals surface area contributed by atoms with Gasteiger partial charge in [-0.2, -0.15) is 0 Å². The number of hydrogen-bond acceptors (Lipinski definition) is 4. The summed E-state index contributed by atoms with van der Waals surface area (Å²) in [5, 5.41) is 3.49. The second kappa shape index (κ2) is 6.66. The standard InChI is InChI=1S/C15H24N2O2/c1-17-9-5-4-6-13(17)11-16-12-7-8-14(18-2)15(10-12)19-3/h7-8,10,13,16H,4-6,9,11H2,1-3H3. The van der Waals surface area contributed by atoms with Gasteiger partial charge >= 0.3 is 0 Å². The van der Waals surface area contributed by atoms with Crippen LogP contribution in [0.25, 0.3) is 0 Å². The average Bonchev–Trinajstić information content (AvgIpc) is 2.46. The van der Waals surface area contributed by atoms with E-state index in [9.17, 15) is 0 Å². The maximum Gasteiger partial charge on any atom is 0.162 e. The van der Waals surface area contributed by atoms with E-state index in [0.29, 0.717) is 6.04 Å². The van der Waals surface area contributed by atoms with Crippen LogP contribution >= 0.6 is 0 Å². The first-order chi connectivity index (χ1) is 9.24. The Morgan fingerprint density at radius 2 is 2.00 bits per heavy atom. The summed E-state index contributed by atoms with van der Waals surface area (Å²) in [5.41, 5.74) is 1.08. The van der Waals surface area contributed by atoms with E-state index < -0.39 is 0 Å². The minimum Gasteiger partial charge on any atom is -0.493 e. The van der Waals surface area contributed by atoms with E-state index in [1.54, 1.807) is 14.2 Å². The lowest BCUT2D eigenvalue weighted by molar-refractivity contribution is 0.194. The summed E-state index contributed by atoms with van der Waals surface area (Å²) < 4.78 is 10.6. The lowest BCUT2D eigenvalue weighted by Gasteiger charge is -2.32. The smallest absolute Gasteiger partial charge is 0.162 e. The van der Waals surface area contributed by atoms with E-state index in [0.717, 1.165) is 23.7 Å². The molecule has 1 fully saturated rings. The number of benzene rings is 1. The highest BCUT2D eigenvalue weighted by molar-refractivity contribution is 5.54. The van der Waals surface area contributed by atoms with Crippen LogP contribution < -0.4 is 14.8 Å². The molecule has 0 saturated carbocycles. The van der Waals surface area contributed by atoms with Crippen LogP contribution in [0.1, 0.15) is 19.3 Å². The van der Waals surface area contributed by atoms with Crippen LogP contribution in [0.3, 0.4) is 0 Å². The Labute approximate surface area is 115 Å². The maximum atomic E-state index is 5.31. The van der Waals surface area contributed by atoms with Crippen molar-refractivity contribution in [3.8, 4) is 11.5 Å². The normalized spacial score (nSPS) is 20.1. The molecule has 4 heteroatoms. The highest BCUT2D eigenvalue weighted by Crippen LogP contribution is 2.29. The fourth-order valence-electron chi connectivity index (χ4n) is 2.58. The molecule has 0 amide bonds. The zero-order valence-corrected chi connectivity index (χ0v) is 12.1. The number of anilines is 1. The number of piperidine rings is 1. The van der Waals surface area contributed by atoms with Gasteiger partial charge < -0.3 is 19.7 Å². The molecule has 0 radical (unpaired) electrons. The molecule has 19 heavy (non-hydrogen) atoms. The van der Waals surface area contributed by atoms with Crippen molar-refractivity contribution in [2.75, 3.05) is 39.7 Å². The Balaban J connectivity index is 1.95. The predicted octanol–water partition coefficient (Wildman–Crippen LogP) is 2.60. The van der Waals surface area contributed by atoms with Crippen molar-refractivity contribution in [1.29, 1.82) is 0 Å². The monoisotopic (exact) mass is 264 g/mol. The van der Waals surface area contributed by atoms with Gasteiger partial charge in [0.1, 0.15) is 0 Å². The molecule has 0 spiro atoms. The van der Waals surface area contributed by atoms with E-state index in [1.165, 1.54) is 25.8 Å². The fourth-order valence-corrected chi connectivity index (χ4v) is 2.58. The van der Waals surface area contributed by atoms with Gasteiger partial charge in [-0.1, -0.05) is 6.42 Å².